The maximum atomic E-state index is 13.8. The first kappa shape index (κ1) is 11.2. The van der Waals surface area contributed by atoms with Crippen molar-refractivity contribution in [2.75, 3.05) is 7.11 Å². The minimum absolute atomic E-state index is 0.0542. The molecule has 4 nitrogen and oxygen atoms in total. The predicted molar refractivity (Wildman–Crippen MR) is 51.2 cm³/mol. The van der Waals surface area contributed by atoms with E-state index in [4.69, 9.17) is 9.84 Å². The Labute approximate surface area is 86.0 Å². The summed E-state index contributed by atoms with van der Waals surface area (Å²) in [4.78, 5) is 13.1. The lowest BCUT2D eigenvalue weighted by atomic mass is 10.1. The van der Waals surface area contributed by atoms with E-state index in [2.05, 4.69) is 4.99 Å². The molecule has 0 bridgehead atoms. The number of hydrogen-bond acceptors (Lipinski definition) is 4. The molecule has 1 aromatic carbocycles. The van der Waals surface area contributed by atoms with Gasteiger partial charge in [0.2, 0.25) is 11.9 Å². The highest BCUT2D eigenvalue weighted by Gasteiger charge is 2.28. The van der Waals surface area contributed by atoms with Crippen LogP contribution in [0.3, 0.4) is 0 Å². The van der Waals surface area contributed by atoms with Gasteiger partial charge in [0.25, 0.3) is 0 Å². The number of aromatic hydroxyl groups is 1. The van der Waals surface area contributed by atoms with Crippen LogP contribution in [-0.4, -0.2) is 18.3 Å². The smallest absolute Gasteiger partial charge is 0.238 e. The van der Waals surface area contributed by atoms with Crippen LogP contribution in [-0.2, 0) is 10.6 Å². The number of benzene rings is 1. The number of ether oxygens (including phenoxy) is 1. The van der Waals surface area contributed by atoms with Crippen LogP contribution in [0.1, 0.15) is 12.5 Å². The second kappa shape index (κ2) is 4.11. The molecule has 0 aliphatic rings. The van der Waals surface area contributed by atoms with E-state index in [1.807, 2.05) is 0 Å². The Hall–Kier alpha value is -1.87. The first-order valence-electron chi connectivity index (χ1n) is 4.16. The average molecular weight is 211 g/mol. The van der Waals surface area contributed by atoms with Crippen molar-refractivity contribution >= 4 is 6.08 Å². The molecular formula is C10H10FNO3. The number of rotatable bonds is 3. The summed E-state index contributed by atoms with van der Waals surface area (Å²) < 4.78 is 18.7. The standard InChI is InChI=1S/C10H10FNO3/c1-10(11,12-6-13)8-4-3-7(14)5-9(8)15-2/h3-5,14H,1-2H3. The van der Waals surface area contributed by atoms with E-state index in [1.165, 1.54) is 25.3 Å². The van der Waals surface area contributed by atoms with Crippen LogP contribution in [0.5, 0.6) is 11.5 Å². The molecule has 0 aliphatic carbocycles. The maximum absolute atomic E-state index is 13.8. The Balaban J connectivity index is 3.30. The van der Waals surface area contributed by atoms with Crippen molar-refractivity contribution in [3.05, 3.63) is 23.8 Å². The summed E-state index contributed by atoms with van der Waals surface area (Å²) in [5.41, 5.74) is 0.0613. The topological polar surface area (TPSA) is 58.9 Å². The van der Waals surface area contributed by atoms with Crippen molar-refractivity contribution in [1.82, 2.24) is 0 Å². The molecule has 0 spiro atoms. The molecule has 1 N–H and O–H groups in total. The zero-order chi connectivity index (χ0) is 11.5. The number of alkyl halides is 1. The lowest BCUT2D eigenvalue weighted by molar-refractivity contribution is 0.198. The third kappa shape index (κ3) is 2.33. The molecule has 0 aliphatic heterocycles. The molecule has 0 amide bonds. The van der Waals surface area contributed by atoms with E-state index >= 15 is 0 Å². The number of aliphatic imine (C=N–C) groups is 1. The molecule has 1 aromatic rings. The molecule has 0 saturated carbocycles. The zero-order valence-electron chi connectivity index (χ0n) is 8.32. The summed E-state index contributed by atoms with van der Waals surface area (Å²) >= 11 is 0. The van der Waals surface area contributed by atoms with Gasteiger partial charge in [-0.3, -0.25) is 0 Å². The second-order valence-corrected chi connectivity index (χ2v) is 3.04. The molecule has 0 saturated heterocycles. The molecule has 1 rings (SSSR count). The van der Waals surface area contributed by atoms with E-state index in [-0.39, 0.29) is 17.1 Å². The molecule has 1 unspecified atom stereocenters. The predicted octanol–water partition coefficient (Wildman–Crippen LogP) is 1.88. The Kier molecular flexibility index (Phi) is 3.07. The van der Waals surface area contributed by atoms with Crippen LogP contribution < -0.4 is 4.74 Å². The number of halogens is 1. The SMILES string of the molecule is COc1cc(O)ccc1C(C)(F)N=C=O. The Morgan fingerprint density at radius 3 is 2.80 bits per heavy atom. The van der Waals surface area contributed by atoms with Crippen molar-refractivity contribution < 1.29 is 19.0 Å². The normalized spacial score (nSPS) is 13.8. The fourth-order valence-electron chi connectivity index (χ4n) is 1.20. The van der Waals surface area contributed by atoms with Crippen LogP contribution in [0.4, 0.5) is 4.39 Å². The maximum Gasteiger partial charge on any atom is 0.238 e. The summed E-state index contributed by atoms with van der Waals surface area (Å²) in [5.74, 6) is -2.14. The summed E-state index contributed by atoms with van der Waals surface area (Å²) in [7, 11) is 1.33. The Morgan fingerprint density at radius 2 is 2.27 bits per heavy atom. The van der Waals surface area contributed by atoms with Gasteiger partial charge in [0, 0.05) is 6.07 Å². The molecule has 15 heavy (non-hydrogen) atoms. The number of methoxy groups -OCH3 is 1. The highest BCUT2D eigenvalue weighted by Crippen LogP contribution is 2.35. The first-order chi connectivity index (χ1) is 7.01. The average Bonchev–Trinajstić information content (AvgIpc) is 2.17. The minimum atomic E-state index is -2.21. The van der Waals surface area contributed by atoms with Crippen molar-refractivity contribution in [2.45, 2.75) is 12.7 Å². The minimum Gasteiger partial charge on any atom is -0.508 e. The highest BCUT2D eigenvalue weighted by atomic mass is 19.1. The number of hydrogen-bond donors (Lipinski definition) is 1. The molecule has 80 valence electrons. The zero-order valence-corrected chi connectivity index (χ0v) is 8.32. The monoisotopic (exact) mass is 211 g/mol. The molecule has 0 heterocycles. The van der Waals surface area contributed by atoms with Gasteiger partial charge in [0.05, 0.1) is 12.7 Å². The quantitative estimate of drug-likeness (QED) is 0.471. The number of nitrogens with zero attached hydrogens (tertiary/aromatic N) is 1. The van der Waals surface area contributed by atoms with Crippen LogP contribution in [0.15, 0.2) is 23.2 Å². The van der Waals surface area contributed by atoms with Gasteiger partial charge < -0.3 is 9.84 Å². The number of isocyanates is 1. The van der Waals surface area contributed by atoms with Gasteiger partial charge in [-0.25, -0.2) is 9.18 Å². The van der Waals surface area contributed by atoms with Crippen LogP contribution in [0.2, 0.25) is 0 Å². The van der Waals surface area contributed by atoms with Gasteiger partial charge in [-0.2, -0.15) is 4.99 Å². The van der Waals surface area contributed by atoms with E-state index in [0.29, 0.717) is 0 Å². The molecule has 5 heteroatoms. The molecule has 0 fully saturated rings. The number of carbonyl (C=O) groups excluding carboxylic acids is 1. The molecule has 0 radical (unpaired) electrons. The lowest BCUT2D eigenvalue weighted by Crippen LogP contribution is -2.12. The van der Waals surface area contributed by atoms with E-state index in [0.717, 1.165) is 13.0 Å². The Bertz CT molecular complexity index is 411. The Morgan fingerprint density at radius 1 is 1.60 bits per heavy atom. The van der Waals surface area contributed by atoms with E-state index < -0.39 is 5.79 Å². The summed E-state index contributed by atoms with van der Waals surface area (Å²) in [5, 5.41) is 9.15. The molecular weight excluding hydrogens is 201 g/mol. The lowest BCUT2D eigenvalue weighted by Gasteiger charge is -2.17. The van der Waals surface area contributed by atoms with Crippen molar-refractivity contribution in [3.63, 3.8) is 0 Å². The van der Waals surface area contributed by atoms with Crippen molar-refractivity contribution in [3.8, 4) is 11.5 Å². The largest absolute Gasteiger partial charge is 0.508 e. The van der Waals surface area contributed by atoms with Gasteiger partial charge in [-0.05, 0) is 19.1 Å². The van der Waals surface area contributed by atoms with E-state index in [9.17, 15) is 9.18 Å². The van der Waals surface area contributed by atoms with Crippen LogP contribution in [0.25, 0.3) is 0 Å². The summed E-state index contributed by atoms with van der Waals surface area (Å²) in [6.45, 7) is 1.10. The van der Waals surface area contributed by atoms with Crippen molar-refractivity contribution in [2.24, 2.45) is 4.99 Å². The van der Waals surface area contributed by atoms with Crippen LogP contribution >= 0.6 is 0 Å². The fraction of sp³-hybridized carbons (Fsp3) is 0.300. The van der Waals surface area contributed by atoms with E-state index in [1.54, 1.807) is 0 Å². The van der Waals surface area contributed by atoms with Crippen molar-refractivity contribution in [1.29, 1.82) is 0 Å². The fourth-order valence-corrected chi connectivity index (χ4v) is 1.20. The van der Waals surface area contributed by atoms with Gasteiger partial charge in [0.15, 0.2) is 0 Å². The van der Waals surface area contributed by atoms with Gasteiger partial charge >= 0.3 is 0 Å². The summed E-state index contributed by atoms with van der Waals surface area (Å²) in [6.07, 6.45) is 1.15. The summed E-state index contributed by atoms with van der Waals surface area (Å²) in [6, 6.07) is 3.83. The molecule has 1 atom stereocenters. The highest BCUT2D eigenvalue weighted by molar-refractivity contribution is 5.45. The van der Waals surface area contributed by atoms with Gasteiger partial charge in [-0.15, -0.1) is 0 Å². The van der Waals surface area contributed by atoms with Crippen LogP contribution in [0, 0.1) is 0 Å². The third-order valence-electron chi connectivity index (χ3n) is 1.93. The number of phenols is 1. The number of phenolic OH excluding ortho intramolecular Hbond substituents is 1. The van der Waals surface area contributed by atoms with Gasteiger partial charge in [-0.1, -0.05) is 0 Å². The van der Waals surface area contributed by atoms with Gasteiger partial charge in [0.1, 0.15) is 11.5 Å². The molecule has 0 aromatic heterocycles. The second-order valence-electron chi connectivity index (χ2n) is 3.04. The third-order valence-corrected chi connectivity index (χ3v) is 1.93. The first-order valence-corrected chi connectivity index (χ1v) is 4.16.